The van der Waals surface area contributed by atoms with E-state index >= 15 is 0 Å². The number of rotatable bonds is 11. The summed E-state index contributed by atoms with van der Waals surface area (Å²) in [5.74, 6) is 0.740. The summed E-state index contributed by atoms with van der Waals surface area (Å²) in [4.78, 5) is 23.8. The molecular weight excluding hydrogens is 576 g/mol. The number of aliphatic imine (C=N–C) groups is 1. The molecule has 0 bridgehead atoms. The minimum Gasteiger partial charge on any atom is -0.492 e. The van der Waals surface area contributed by atoms with E-state index in [9.17, 15) is 10.1 Å². The van der Waals surface area contributed by atoms with Gasteiger partial charge in [0.15, 0.2) is 0 Å². The van der Waals surface area contributed by atoms with Gasteiger partial charge in [0.1, 0.15) is 24.2 Å². The van der Waals surface area contributed by atoms with Gasteiger partial charge < -0.3 is 20.1 Å². The van der Waals surface area contributed by atoms with E-state index in [1.54, 1.807) is 37.4 Å². The zero-order valence-corrected chi connectivity index (χ0v) is 27.0. The number of carbonyl (C=O) groups is 1. The molecule has 0 saturated carbocycles. The number of allylic oxidation sites excluding steroid dienone is 1. The average molecular weight is 617 g/mol. The zero-order chi connectivity index (χ0) is 32.1. The van der Waals surface area contributed by atoms with E-state index in [-0.39, 0.29) is 18.6 Å². The van der Waals surface area contributed by atoms with Gasteiger partial charge in [-0.15, -0.1) is 0 Å². The van der Waals surface area contributed by atoms with Crippen LogP contribution in [-0.4, -0.2) is 61.4 Å². The summed E-state index contributed by atoms with van der Waals surface area (Å²) in [5, 5.41) is 17.2. The maximum absolute atomic E-state index is 12.9. The van der Waals surface area contributed by atoms with Crippen molar-refractivity contribution in [2.24, 2.45) is 4.99 Å². The third-order valence-electron chi connectivity index (χ3n) is 6.92. The second-order valence-corrected chi connectivity index (χ2v) is 10.2. The lowest BCUT2D eigenvalue weighted by Gasteiger charge is -2.17. The van der Waals surface area contributed by atoms with Gasteiger partial charge in [-0.1, -0.05) is 37.6 Å². The fraction of sp³-hybridized carbons (Fsp3) is 0.353. The molecule has 1 saturated heterocycles. The number of carbonyl (C=O) groups excluding carboxylic acids is 1. The van der Waals surface area contributed by atoms with Gasteiger partial charge in [0, 0.05) is 42.5 Å². The molecular formula is C34H41ClN6O3. The second-order valence-electron chi connectivity index (χ2n) is 9.77. The number of benzene rings is 2. The molecule has 3 aromatic rings. The van der Waals surface area contributed by atoms with Crippen LogP contribution in [0.5, 0.6) is 11.5 Å². The van der Waals surface area contributed by atoms with Crippen LogP contribution in [0.4, 0.5) is 17.1 Å². The fourth-order valence-electron chi connectivity index (χ4n) is 4.74. The van der Waals surface area contributed by atoms with Crippen LogP contribution >= 0.6 is 11.6 Å². The number of likely N-dealkylation sites (tertiary alicyclic amines) is 1. The first-order valence-corrected chi connectivity index (χ1v) is 15.2. The van der Waals surface area contributed by atoms with Crippen LogP contribution < -0.4 is 20.1 Å². The number of halogens is 1. The Labute approximate surface area is 265 Å². The molecule has 1 aliphatic heterocycles. The highest BCUT2D eigenvalue weighted by Gasteiger charge is 2.19. The molecule has 10 heteroatoms. The number of hydrogen-bond acceptors (Lipinski definition) is 8. The first kappa shape index (κ1) is 34.1. The predicted molar refractivity (Wildman–Crippen MR) is 181 cm³/mol. The van der Waals surface area contributed by atoms with Crippen molar-refractivity contribution in [1.29, 1.82) is 5.26 Å². The minimum atomic E-state index is -0.261. The monoisotopic (exact) mass is 616 g/mol. The molecule has 2 heterocycles. The molecule has 232 valence electrons. The van der Waals surface area contributed by atoms with Crippen LogP contribution in [0.25, 0.3) is 10.9 Å². The number of nitrogens with zero attached hydrogens (tertiary/aromatic N) is 4. The molecule has 2 N–H and O–H groups in total. The van der Waals surface area contributed by atoms with Crippen molar-refractivity contribution < 1.29 is 14.3 Å². The van der Waals surface area contributed by atoms with E-state index in [2.05, 4.69) is 38.6 Å². The number of hydrogen-bond donors (Lipinski definition) is 2. The van der Waals surface area contributed by atoms with Crippen LogP contribution in [0.3, 0.4) is 0 Å². The van der Waals surface area contributed by atoms with Gasteiger partial charge in [-0.3, -0.25) is 19.7 Å². The van der Waals surface area contributed by atoms with E-state index in [4.69, 9.17) is 21.1 Å². The summed E-state index contributed by atoms with van der Waals surface area (Å²) < 4.78 is 11.7. The van der Waals surface area contributed by atoms with Crippen molar-refractivity contribution in [2.45, 2.75) is 46.6 Å². The molecule has 9 nitrogen and oxygen atoms in total. The summed E-state index contributed by atoms with van der Waals surface area (Å²) in [6.45, 7) is 9.50. The number of nitrogens with one attached hydrogen (secondary N) is 2. The van der Waals surface area contributed by atoms with Crippen molar-refractivity contribution in [3.63, 3.8) is 0 Å². The molecule has 1 atom stereocenters. The Morgan fingerprint density at radius 3 is 2.66 bits per heavy atom. The van der Waals surface area contributed by atoms with Crippen molar-refractivity contribution in [2.75, 3.05) is 44.5 Å². The number of nitriles is 1. The lowest BCUT2D eigenvalue weighted by Crippen LogP contribution is -2.23. The second kappa shape index (κ2) is 17.0. The Morgan fingerprint density at radius 2 is 2.02 bits per heavy atom. The minimum absolute atomic E-state index is 0.246. The van der Waals surface area contributed by atoms with Crippen molar-refractivity contribution >= 4 is 51.2 Å². The van der Waals surface area contributed by atoms with Gasteiger partial charge in [-0.2, -0.15) is 5.26 Å². The SMILES string of the molecule is C/C=C\C(COc1ccc(Nc2c(C#N)cnc3cc(OCC)c(NC(=O)/C=C/[C@H]4CCCN4C)cc23)cc1Cl)=NC.CC. The molecule has 0 radical (unpaired) electrons. The summed E-state index contributed by atoms with van der Waals surface area (Å²) in [5.41, 5.74) is 3.38. The average Bonchev–Trinajstić information content (AvgIpc) is 3.45. The largest absolute Gasteiger partial charge is 0.492 e. The standard InChI is InChI=1S/C32H35ClN6O3.C2H6/c1-5-8-23(35-3)20-42-29-12-10-22(15-26(29)33)37-32-21(18-34)19-36-27-17-30(41-6-2)28(16-25(27)32)38-31(40)13-11-24-9-7-14-39(24)4;1-2/h5,8,10-13,15-17,19,24H,6-7,9,14,20H2,1-4H3,(H,36,37)(H,38,40);1-2H3/b8-5-,13-11+,35-23?;/t24-;/m1./s1. The highest BCUT2D eigenvalue weighted by molar-refractivity contribution is 6.32. The highest BCUT2D eigenvalue weighted by Crippen LogP contribution is 2.37. The van der Waals surface area contributed by atoms with E-state index in [1.807, 2.05) is 52.0 Å². The Hall–Kier alpha value is -4.39. The third kappa shape index (κ3) is 8.82. The van der Waals surface area contributed by atoms with E-state index < -0.39 is 0 Å². The molecule has 4 rings (SSSR count). The van der Waals surface area contributed by atoms with Gasteiger partial charge in [-0.25, -0.2) is 0 Å². The molecule has 0 unspecified atom stereocenters. The summed E-state index contributed by atoms with van der Waals surface area (Å²) in [6, 6.07) is 11.3. The molecule has 0 spiro atoms. The molecule has 44 heavy (non-hydrogen) atoms. The van der Waals surface area contributed by atoms with E-state index in [1.165, 1.54) is 6.20 Å². The highest BCUT2D eigenvalue weighted by atomic mass is 35.5. The molecule has 1 aliphatic rings. The Balaban J connectivity index is 0.00000259. The maximum Gasteiger partial charge on any atom is 0.248 e. The van der Waals surface area contributed by atoms with Gasteiger partial charge in [0.2, 0.25) is 5.91 Å². The van der Waals surface area contributed by atoms with Gasteiger partial charge in [0.25, 0.3) is 0 Å². The lowest BCUT2D eigenvalue weighted by molar-refractivity contribution is -0.112. The molecule has 0 aliphatic carbocycles. The molecule has 1 aromatic heterocycles. The summed E-state index contributed by atoms with van der Waals surface area (Å²) in [6.07, 6.45) is 10.9. The first-order valence-electron chi connectivity index (χ1n) is 14.8. The number of anilines is 3. The molecule has 1 fully saturated rings. The van der Waals surface area contributed by atoms with Crippen LogP contribution in [0.15, 0.2) is 65.8 Å². The van der Waals surface area contributed by atoms with Gasteiger partial charge in [0.05, 0.1) is 39.8 Å². The Kier molecular flexibility index (Phi) is 13.2. The maximum atomic E-state index is 12.9. The van der Waals surface area contributed by atoms with Crippen LogP contribution in [0, 0.1) is 11.3 Å². The van der Waals surface area contributed by atoms with Gasteiger partial charge in [-0.05, 0) is 70.6 Å². The molecule has 1 amide bonds. The number of amides is 1. The van der Waals surface area contributed by atoms with Crippen LogP contribution in [0.2, 0.25) is 5.02 Å². The third-order valence-corrected chi connectivity index (χ3v) is 7.21. The number of ether oxygens (including phenoxy) is 2. The zero-order valence-electron chi connectivity index (χ0n) is 26.3. The smallest absolute Gasteiger partial charge is 0.248 e. The van der Waals surface area contributed by atoms with E-state index in [0.717, 1.165) is 25.1 Å². The quantitative estimate of drug-likeness (QED) is 0.169. The van der Waals surface area contributed by atoms with Crippen molar-refractivity contribution in [3.8, 4) is 17.6 Å². The number of likely N-dealkylation sites (N-methyl/N-ethyl adjacent to an activating group) is 1. The number of pyridine rings is 1. The van der Waals surface area contributed by atoms with Crippen molar-refractivity contribution in [1.82, 2.24) is 9.88 Å². The topological polar surface area (TPSA) is 112 Å². The lowest BCUT2D eigenvalue weighted by atomic mass is 10.1. The fourth-order valence-corrected chi connectivity index (χ4v) is 4.97. The number of aromatic nitrogens is 1. The summed E-state index contributed by atoms with van der Waals surface area (Å²) >= 11 is 6.54. The van der Waals surface area contributed by atoms with Crippen molar-refractivity contribution in [3.05, 3.63) is 71.4 Å². The normalized spacial score (nSPS) is 15.2. The Bertz CT molecular complexity index is 1580. The molecule has 2 aromatic carbocycles. The summed E-state index contributed by atoms with van der Waals surface area (Å²) in [7, 11) is 3.76. The van der Waals surface area contributed by atoms with Crippen LogP contribution in [-0.2, 0) is 4.79 Å². The van der Waals surface area contributed by atoms with E-state index in [0.29, 0.717) is 56.7 Å². The predicted octanol–water partition coefficient (Wildman–Crippen LogP) is 7.54. The first-order chi connectivity index (χ1) is 21.4. The number of fused-ring (bicyclic) bond motifs is 1. The van der Waals surface area contributed by atoms with Gasteiger partial charge >= 0.3 is 0 Å². The Morgan fingerprint density at radius 1 is 1.23 bits per heavy atom. The van der Waals surface area contributed by atoms with Crippen LogP contribution in [0.1, 0.15) is 46.1 Å².